The molecule has 0 bridgehead atoms. The Hall–Kier alpha value is -5.25. The average Bonchev–Trinajstić information content (AvgIpc) is 3.41. The number of hydrogen-bond acceptors (Lipinski definition) is 9. The van der Waals surface area contributed by atoms with Crippen molar-refractivity contribution in [2.24, 2.45) is 16.3 Å². The second kappa shape index (κ2) is 17.5. The van der Waals surface area contributed by atoms with Gasteiger partial charge in [0.05, 0.1) is 17.0 Å². The number of fused-ring (bicyclic) bond motifs is 3. The lowest BCUT2D eigenvalue weighted by molar-refractivity contribution is -0.155. The minimum atomic E-state index is -0.901. The van der Waals surface area contributed by atoms with Gasteiger partial charge < -0.3 is 24.6 Å². The molecule has 0 aliphatic heterocycles. The fraction of sp³-hybridized carbons (Fsp3) is 0.444. The van der Waals surface area contributed by atoms with Crippen LogP contribution < -0.4 is 5.32 Å². The van der Waals surface area contributed by atoms with Crippen LogP contribution in [0, 0.1) is 11.3 Å². The van der Waals surface area contributed by atoms with Crippen LogP contribution in [0.2, 0.25) is 0 Å². The maximum atomic E-state index is 13.3. The quantitative estimate of drug-likeness (QED) is 0.0944. The van der Waals surface area contributed by atoms with Crippen molar-refractivity contribution in [1.82, 2.24) is 5.32 Å². The van der Waals surface area contributed by atoms with Gasteiger partial charge in [0.15, 0.2) is 5.78 Å². The van der Waals surface area contributed by atoms with E-state index in [0.717, 1.165) is 22.3 Å². The molecule has 5 rings (SSSR count). The van der Waals surface area contributed by atoms with Gasteiger partial charge in [0.25, 0.3) is 0 Å². The van der Waals surface area contributed by atoms with Gasteiger partial charge in [-0.3, -0.25) is 14.6 Å². The van der Waals surface area contributed by atoms with Crippen LogP contribution in [-0.4, -0.2) is 52.9 Å². The lowest BCUT2D eigenvalue weighted by atomic mass is 9.75. The summed E-state index contributed by atoms with van der Waals surface area (Å²) >= 11 is 0. The van der Waals surface area contributed by atoms with Crippen LogP contribution in [0.3, 0.4) is 0 Å². The molecular weight excluding hydrogens is 697 g/mol. The third-order valence-electron chi connectivity index (χ3n) is 9.56. The summed E-state index contributed by atoms with van der Waals surface area (Å²) in [5.74, 6) is -1.10. The van der Waals surface area contributed by atoms with Gasteiger partial charge in [-0.05, 0) is 91.3 Å². The van der Waals surface area contributed by atoms with Crippen LogP contribution in [-0.2, 0) is 35.2 Å². The molecule has 10 heteroatoms. The monoisotopic (exact) mass is 750 g/mol. The minimum absolute atomic E-state index is 0.00319. The van der Waals surface area contributed by atoms with E-state index in [2.05, 4.69) is 17.4 Å². The molecule has 55 heavy (non-hydrogen) atoms. The summed E-state index contributed by atoms with van der Waals surface area (Å²) < 4.78 is 16.8. The highest BCUT2D eigenvalue weighted by molar-refractivity contribution is 6.23. The molecule has 2 aliphatic carbocycles. The molecule has 0 radical (unpaired) electrons. The van der Waals surface area contributed by atoms with Crippen LogP contribution in [0.15, 0.2) is 89.1 Å². The molecule has 0 fully saturated rings. The fourth-order valence-corrected chi connectivity index (χ4v) is 7.19. The van der Waals surface area contributed by atoms with E-state index in [0.29, 0.717) is 36.2 Å². The standard InChI is InChI=1S/C45H54N2O8/c1-28(2)23-37(47-43(52)54-27-35-33-15-10-8-13-31(33)32-14-9-11-16-34(32)35)42(51)53-26-29-19-21-30(22-20-29)46-36(17-12-18-40(50)55-44(3,4)5)41-38(48)24-45(6,7)25-39(41)49/h8-11,13-16,19-22,28,35,37,48H,12,17-18,23-27H2,1-7H3,(H,47,52)/t37-/m0/s1. The first-order chi connectivity index (χ1) is 26.0. The Morgan fingerprint density at radius 2 is 1.51 bits per heavy atom. The summed E-state index contributed by atoms with van der Waals surface area (Å²) in [6.45, 7) is 13.3. The Morgan fingerprint density at radius 3 is 2.09 bits per heavy atom. The molecule has 2 N–H and O–H groups in total. The number of allylic oxidation sites excluding steroid dienone is 2. The summed E-state index contributed by atoms with van der Waals surface area (Å²) in [7, 11) is 0. The second-order valence-electron chi connectivity index (χ2n) is 16.7. The lowest BCUT2D eigenvalue weighted by Crippen LogP contribution is -2.43. The summed E-state index contributed by atoms with van der Waals surface area (Å²) in [5, 5.41) is 13.7. The van der Waals surface area contributed by atoms with Crippen LogP contribution >= 0.6 is 0 Å². The molecule has 10 nitrogen and oxygen atoms in total. The molecule has 0 saturated carbocycles. The first-order valence-corrected chi connectivity index (χ1v) is 19.1. The van der Waals surface area contributed by atoms with Gasteiger partial charge in [-0.1, -0.05) is 88.4 Å². The summed E-state index contributed by atoms with van der Waals surface area (Å²) in [6.07, 6.45) is 1.12. The third-order valence-corrected chi connectivity index (χ3v) is 9.56. The highest BCUT2D eigenvalue weighted by Crippen LogP contribution is 2.44. The van der Waals surface area contributed by atoms with Crippen molar-refractivity contribution in [3.05, 3.63) is 101 Å². The van der Waals surface area contributed by atoms with Gasteiger partial charge in [-0.2, -0.15) is 0 Å². The van der Waals surface area contributed by atoms with Gasteiger partial charge >= 0.3 is 18.0 Å². The molecule has 0 spiro atoms. The number of carbonyl (C=O) groups is 4. The predicted molar refractivity (Wildman–Crippen MR) is 212 cm³/mol. The zero-order valence-electron chi connectivity index (χ0n) is 33.1. The van der Waals surface area contributed by atoms with Crippen molar-refractivity contribution < 1.29 is 38.5 Å². The Labute approximate surface area is 324 Å². The first-order valence-electron chi connectivity index (χ1n) is 19.1. The van der Waals surface area contributed by atoms with Gasteiger partial charge in [0.2, 0.25) is 0 Å². The van der Waals surface area contributed by atoms with E-state index in [9.17, 15) is 24.3 Å². The van der Waals surface area contributed by atoms with Crippen LogP contribution in [0.25, 0.3) is 11.1 Å². The van der Waals surface area contributed by atoms with Gasteiger partial charge in [-0.25, -0.2) is 9.59 Å². The maximum absolute atomic E-state index is 13.3. The zero-order chi connectivity index (χ0) is 39.9. The number of aliphatic hydroxyl groups excluding tert-OH is 1. The normalized spacial score (nSPS) is 16.0. The minimum Gasteiger partial charge on any atom is -0.511 e. The van der Waals surface area contributed by atoms with E-state index in [1.54, 1.807) is 24.3 Å². The average molecular weight is 751 g/mol. The van der Waals surface area contributed by atoms with Crippen molar-refractivity contribution in [3.8, 4) is 11.1 Å². The largest absolute Gasteiger partial charge is 0.511 e. The Balaban J connectivity index is 1.21. The number of alkyl carbamates (subject to hydrolysis) is 1. The van der Waals surface area contributed by atoms with Crippen molar-refractivity contribution in [1.29, 1.82) is 0 Å². The highest BCUT2D eigenvalue weighted by Gasteiger charge is 2.35. The number of esters is 2. The molecule has 0 aromatic heterocycles. The number of benzene rings is 3. The topological polar surface area (TPSA) is 141 Å². The molecule has 3 aromatic carbocycles. The lowest BCUT2D eigenvalue weighted by Gasteiger charge is -2.30. The number of nitrogens with one attached hydrogen (secondary N) is 1. The SMILES string of the molecule is CC(C)C[C@H](NC(=O)OCC1c2ccccc2-c2ccccc21)C(=O)OCc1ccc(N=C(CCCC(=O)OC(C)(C)C)C2=C(O)CC(C)(C)CC2=O)cc1. The smallest absolute Gasteiger partial charge is 0.407 e. The molecule has 3 aromatic rings. The molecule has 2 aliphatic rings. The summed E-state index contributed by atoms with van der Waals surface area (Å²) in [5.41, 5.74) is 5.33. The maximum Gasteiger partial charge on any atom is 0.407 e. The van der Waals surface area contributed by atoms with Crippen molar-refractivity contribution >= 4 is 35.2 Å². The van der Waals surface area contributed by atoms with Gasteiger partial charge in [0.1, 0.15) is 30.6 Å². The van der Waals surface area contributed by atoms with Crippen LogP contribution in [0.4, 0.5) is 10.5 Å². The van der Waals surface area contributed by atoms with Crippen molar-refractivity contribution in [3.63, 3.8) is 0 Å². The van der Waals surface area contributed by atoms with Crippen molar-refractivity contribution in [2.75, 3.05) is 6.61 Å². The predicted octanol–water partition coefficient (Wildman–Crippen LogP) is 9.47. The molecule has 1 amide bonds. The second-order valence-corrected chi connectivity index (χ2v) is 16.7. The number of amides is 1. The molecular formula is C45H54N2O8. The number of aliphatic imine (C=N–C) groups is 1. The summed E-state index contributed by atoms with van der Waals surface area (Å²) in [4.78, 5) is 56.7. The van der Waals surface area contributed by atoms with Gasteiger partial charge in [-0.15, -0.1) is 0 Å². The number of nitrogens with zero attached hydrogens (tertiary/aromatic N) is 1. The van der Waals surface area contributed by atoms with E-state index >= 15 is 0 Å². The Bertz CT molecular complexity index is 1910. The van der Waals surface area contributed by atoms with Gasteiger partial charge in [0, 0.05) is 25.2 Å². The number of rotatable bonds is 14. The van der Waals surface area contributed by atoms with E-state index in [1.165, 1.54) is 0 Å². The number of ether oxygens (including phenoxy) is 3. The fourth-order valence-electron chi connectivity index (χ4n) is 7.19. The number of carbonyl (C=O) groups excluding carboxylic acids is 4. The molecule has 1 atom stereocenters. The number of hydrogen-bond donors (Lipinski definition) is 2. The van der Waals surface area contributed by atoms with Crippen LogP contribution in [0.5, 0.6) is 0 Å². The van der Waals surface area contributed by atoms with E-state index in [-0.39, 0.29) is 72.8 Å². The van der Waals surface area contributed by atoms with Crippen molar-refractivity contribution in [2.45, 2.75) is 111 Å². The Morgan fingerprint density at radius 1 is 0.891 bits per heavy atom. The number of aliphatic hydroxyl groups is 1. The molecule has 292 valence electrons. The third kappa shape index (κ3) is 11.2. The molecule has 0 unspecified atom stereocenters. The van der Waals surface area contributed by atoms with Crippen LogP contribution in [0.1, 0.15) is 110 Å². The molecule has 0 saturated heterocycles. The van der Waals surface area contributed by atoms with E-state index in [4.69, 9.17) is 19.2 Å². The van der Waals surface area contributed by atoms with E-state index in [1.807, 2.05) is 84.9 Å². The first kappa shape index (κ1) is 40.9. The zero-order valence-corrected chi connectivity index (χ0v) is 33.1. The Kier molecular flexibility index (Phi) is 13.0. The molecule has 0 heterocycles. The summed E-state index contributed by atoms with van der Waals surface area (Å²) in [6, 6.07) is 22.3. The highest BCUT2D eigenvalue weighted by atomic mass is 16.6. The number of ketones is 1. The number of Topliss-reactive ketones (excluding diaryl/α,β-unsaturated/α-hetero) is 1. The van der Waals surface area contributed by atoms with E-state index < -0.39 is 23.7 Å².